The summed E-state index contributed by atoms with van der Waals surface area (Å²) in [5.41, 5.74) is 4.28. The number of nitrogens with zero attached hydrogens (tertiary/aromatic N) is 1. The third-order valence-electron chi connectivity index (χ3n) is 4.03. The lowest BCUT2D eigenvalue weighted by molar-refractivity contribution is 0.108. The summed E-state index contributed by atoms with van der Waals surface area (Å²) in [6, 6.07) is 9.81. The third kappa shape index (κ3) is 2.70. The van der Waals surface area contributed by atoms with Crippen molar-refractivity contribution < 1.29 is 4.79 Å². The summed E-state index contributed by atoms with van der Waals surface area (Å²) in [5.74, 6) is 0.571. The SMILES string of the molecule is CC1CCc2nc(Cl)c(C(=O)Cl)c(-c3ccccc3)c2C1. The molecule has 1 aromatic carbocycles. The van der Waals surface area contributed by atoms with Crippen LogP contribution in [0.4, 0.5) is 0 Å². The van der Waals surface area contributed by atoms with Gasteiger partial charge < -0.3 is 0 Å². The molecule has 1 aliphatic rings. The first-order valence-electron chi connectivity index (χ1n) is 7.04. The normalized spacial score (nSPS) is 17.4. The van der Waals surface area contributed by atoms with Gasteiger partial charge >= 0.3 is 0 Å². The maximum atomic E-state index is 11.9. The Hall–Kier alpha value is -1.38. The number of carbonyl (C=O) groups is 1. The standard InChI is InChI=1S/C17H15Cl2NO/c1-10-7-8-13-12(9-10)14(11-5-3-2-4-6-11)15(17(19)21)16(18)20-13/h2-6,10H,7-9H2,1H3. The molecule has 3 rings (SSSR count). The number of pyridine rings is 1. The van der Waals surface area contributed by atoms with E-state index >= 15 is 0 Å². The van der Waals surface area contributed by atoms with Crippen molar-refractivity contribution in [2.75, 3.05) is 0 Å². The highest BCUT2D eigenvalue weighted by Crippen LogP contribution is 2.38. The van der Waals surface area contributed by atoms with Gasteiger partial charge in [-0.2, -0.15) is 0 Å². The van der Waals surface area contributed by atoms with Crippen molar-refractivity contribution in [1.82, 2.24) is 4.98 Å². The van der Waals surface area contributed by atoms with Gasteiger partial charge in [0.1, 0.15) is 5.15 Å². The van der Waals surface area contributed by atoms with E-state index in [-0.39, 0.29) is 5.15 Å². The molecule has 0 saturated carbocycles. The van der Waals surface area contributed by atoms with Gasteiger partial charge in [0.25, 0.3) is 5.24 Å². The molecule has 0 amide bonds. The number of hydrogen-bond acceptors (Lipinski definition) is 2. The Morgan fingerprint density at radius 2 is 2.00 bits per heavy atom. The second kappa shape index (κ2) is 5.78. The van der Waals surface area contributed by atoms with Gasteiger partial charge in [0.15, 0.2) is 0 Å². The maximum Gasteiger partial charge on any atom is 0.256 e. The number of aromatic nitrogens is 1. The summed E-state index contributed by atoms with van der Waals surface area (Å²) in [6.07, 6.45) is 2.90. The fourth-order valence-corrected chi connectivity index (χ4v) is 3.52. The van der Waals surface area contributed by atoms with Crippen LogP contribution in [-0.2, 0) is 12.8 Å². The maximum absolute atomic E-state index is 11.9. The molecule has 21 heavy (non-hydrogen) atoms. The monoisotopic (exact) mass is 319 g/mol. The van der Waals surface area contributed by atoms with Gasteiger partial charge in [-0.25, -0.2) is 4.98 Å². The Labute approximate surface area is 134 Å². The van der Waals surface area contributed by atoms with Crippen molar-refractivity contribution in [2.45, 2.75) is 26.2 Å². The zero-order valence-electron chi connectivity index (χ0n) is 11.7. The van der Waals surface area contributed by atoms with Crippen LogP contribution in [0.15, 0.2) is 30.3 Å². The Morgan fingerprint density at radius 3 is 2.67 bits per heavy atom. The van der Waals surface area contributed by atoms with E-state index in [9.17, 15) is 4.79 Å². The smallest absolute Gasteiger partial charge is 0.256 e. The van der Waals surface area contributed by atoms with Crippen LogP contribution in [0.5, 0.6) is 0 Å². The van der Waals surface area contributed by atoms with E-state index in [0.29, 0.717) is 11.5 Å². The molecule has 0 fully saturated rings. The molecule has 0 radical (unpaired) electrons. The average molecular weight is 320 g/mol. The quantitative estimate of drug-likeness (QED) is 0.581. The van der Waals surface area contributed by atoms with Crippen molar-refractivity contribution in [3.8, 4) is 11.1 Å². The van der Waals surface area contributed by atoms with E-state index in [4.69, 9.17) is 23.2 Å². The fraction of sp³-hybridized carbons (Fsp3) is 0.294. The van der Waals surface area contributed by atoms with Crippen LogP contribution in [0.3, 0.4) is 0 Å². The first-order valence-corrected chi connectivity index (χ1v) is 7.80. The highest BCUT2D eigenvalue weighted by molar-refractivity contribution is 6.69. The molecule has 2 aromatic rings. The molecule has 0 aliphatic heterocycles. The number of fused-ring (bicyclic) bond motifs is 1. The van der Waals surface area contributed by atoms with Gasteiger partial charge in [-0.05, 0) is 47.9 Å². The molecule has 1 atom stereocenters. The molecule has 0 bridgehead atoms. The number of hydrogen-bond donors (Lipinski definition) is 0. The van der Waals surface area contributed by atoms with Crippen LogP contribution < -0.4 is 0 Å². The third-order valence-corrected chi connectivity index (χ3v) is 4.49. The van der Waals surface area contributed by atoms with E-state index in [1.807, 2.05) is 30.3 Å². The van der Waals surface area contributed by atoms with Crippen LogP contribution in [0.25, 0.3) is 11.1 Å². The number of benzene rings is 1. The Kier molecular flexibility index (Phi) is 4.01. The van der Waals surface area contributed by atoms with Crippen LogP contribution in [0.2, 0.25) is 5.15 Å². The van der Waals surface area contributed by atoms with E-state index < -0.39 is 5.24 Å². The molecule has 0 N–H and O–H groups in total. The summed E-state index contributed by atoms with van der Waals surface area (Å²) in [4.78, 5) is 16.3. The van der Waals surface area contributed by atoms with Gasteiger partial charge in [-0.15, -0.1) is 0 Å². The number of aryl methyl sites for hydroxylation is 1. The largest absolute Gasteiger partial charge is 0.275 e. The predicted octanol–water partition coefficient (Wildman–Crippen LogP) is 4.91. The Morgan fingerprint density at radius 1 is 1.29 bits per heavy atom. The molecular weight excluding hydrogens is 305 g/mol. The highest BCUT2D eigenvalue weighted by atomic mass is 35.5. The zero-order valence-corrected chi connectivity index (χ0v) is 13.2. The van der Waals surface area contributed by atoms with Gasteiger partial charge in [-0.1, -0.05) is 48.9 Å². The molecule has 1 aliphatic carbocycles. The molecule has 1 unspecified atom stereocenters. The first kappa shape index (κ1) is 14.6. The van der Waals surface area contributed by atoms with Crippen LogP contribution in [-0.4, -0.2) is 10.2 Å². The number of carbonyl (C=O) groups excluding carboxylic acids is 1. The first-order chi connectivity index (χ1) is 10.1. The summed E-state index contributed by atoms with van der Waals surface area (Å²) in [6.45, 7) is 2.22. The van der Waals surface area contributed by atoms with Crippen LogP contribution in [0.1, 0.15) is 35.0 Å². The van der Waals surface area contributed by atoms with Crippen LogP contribution >= 0.6 is 23.2 Å². The van der Waals surface area contributed by atoms with Crippen molar-refractivity contribution in [3.05, 3.63) is 52.3 Å². The van der Waals surface area contributed by atoms with Crippen LogP contribution in [0, 0.1) is 5.92 Å². The minimum Gasteiger partial charge on any atom is -0.275 e. The second-order valence-electron chi connectivity index (χ2n) is 5.57. The lowest BCUT2D eigenvalue weighted by atomic mass is 9.82. The summed E-state index contributed by atoms with van der Waals surface area (Å²) < 4.78 is 0. The minimum atomic E-state index is -0.549. The molecule has 1 aromatic heterocycles. The molecule has 108 valence electrons. The highest BCUT2D eigenvalue weighted by Gasteiger charge is 2.27. The number of halogens is 2. The summed E-state index contributed by atoms with van der Waals surface area (Å²) in [5, 5.41) is -0.338. The zero-order chi connectivity index (χ0) is 15.0. The van der Waals surface area contributed by atoms with Gasteiger partial charge in [-0.3, -0.25) is 4.79 Å². The van der Waals surface area contributed by atoms with Crippen molar-refractivity contribution in [3.63, 3.8) is 0 Å². The predicted molar refractivity (Wildman–Crippen MR) is 86.1 cm³/mol. The number of rotatable bonds is 2. The molecule has 2 nitrogen and oxygen atoms in total. The van der Waals surface area contributed by atoms with Crippen molar-refractivity contribution in [2.24, 2.45) is 5.92 Å². The molecule has 0 spiro atoms. The molecular formula is C17H15Cl2NO. The van der Waals surface area contributed by atoms with E-state index in [0.717, 1.165) is 41.6 Å². The van der Waals surface area contributed by atoms with E-state index in [2.05, 4.69) is 11.9 Å². The lowest BCUT2D eigenvalue weighted by Crippen LogP contribution is -2.16. The minimum absolute atomic E-state index is 0.210. The summed E-state index contributed by atoms with van der Waals surface area (Å²) in [7, 11) is 0. The molecule has 4 heteroatoms. The lowest BCUT2D eigenvalue weighted by Gasteiger charge is -2.25. The molecule has 0 saturated heterocycles. The van der Waals surface area contributed by atoms with Crippen molar-refractivity contribution >= 4 is 28.4 Å². The summed E-state index contributed by atoms with van der Waals surface area (Å²) >= 11 is 12.0. The average Bonchev–Trinajstić information content (AvgIpc) is 2.47. The van der Waals surface area contributed by atoms with E-state index in [1.54, 1.807) is 0 Å². The van der Waals surface area contributed by atoms with Gasteiger partial charge in [0, 0.05) is 11.3 Å². The van der Waals surface area contributed by atoms with Crippen molar-refractivity contribution in [1.29, 1.82) is 0 Å². The molecule has 1 heterocycles. The topological polar surface area (TPSA) is 30.0 Å². The van der Waals surface area contributed by atoms with E-state index in [1.165, 1.54) is 0 Å². The van der Waals surface area contributed by atoms with Gasteiger partial charge in [0.2, 0.25) is 0 Å². The Balaban J connectivity index is 2.33. The Bertz CT molecular complexity index is 698. The van der Waals surface area contributed by atoms with Gasteiger partial charge in [0.05, 0.1) is 5.56 Å². The fourth-order valence-electron chi connectivity index (χ4n) is 3.00. The second-order valence-corrected chi connectivity index (χ2v) is 6.27.